The Morgan fingerprint density at radius 2 is 1.18 bits per heavy atom. The highest BCUT2D eigenvalue weighted by molar-refractivity contribution is 5.91. The van der Waals surface area contributed by atoms with E-state index in [1.807, 2.05) is 0 Å². The number of benzene rings is 3. The third-order valence-corrected chi connectivity index (χ3v) is 3.92. The lowest BCUT2D eigenvalue weighted by Gasteiger charge is -2.17. The molecule has 0 aromatic heterocycles. The second kappa shape index (κ2) is 6.44. The lowest BCUT2D eigenvalue weighted by molar-refractivity contribution is 1.44. The summed E-state index contributed by atoms with van der Waals surface area (Å²) in [6, 6.07) is 25.7. The van der Waals surface area contributed by atoms with Gasteiger partial charge in [-0.05, 0) is 47.2 Å². The van der Waals surface area contributed by atoms with E-state index in [1.165, 1.54) is 33.4 Å². The Hall–Kier alpha value is -2.60. The topological polar surface area (TPSA) is 0 Å². The van der Waals surface area contributed by atoms with Gasteiger partial charge in [0.25, 0.3) is 0 Å². The van der Waals surface area contributed by atoms with Crippen LogP contribution in [-0.4, -0.2) is 0 Å². The Morgan fingerprint density at radius 3 is 1.73 bits per heavy atom. The van der Waals surface area contributed by atoms with Crippen molar-refractivity contribution in [2.75, 3.05) is 0 Å². The van der Waals surface area contributed by atoms with Crippen molar-refractivity contribution < 1.29 is 0 Å². The van der Waals surface area contributed by atoms with Crippen LogP contribution in [0.2, 0.25) is 0 Å². The van der Waals surface area contributed by atoms with Crippen molar-refractivity contribution in [2.45, 2.75) is 13.8 Å². The minimum Gasteiger partial charge on any atom is -0.0870 e. The molecular formula is C22H20. The Labute approximate surface area is 132 Å². The maximum atomic E-state index is 2.21. The monoisotopic (exact) mass is 284 g/mol. The van der Waals surface area contributed by atoms with Crippen LogP contribution in [0.5, 0.6) is 0 Å². The van der Waals surface area contributed by atoms with Gasteiger partial charge in [-0.1, -0.05) is 84.9 Å². The van der Waals surface area contributed by atoms with E-state index in [0.29, 0.717) is 0 Å². The molecule has 22 heavy (non-hydrogen) atoms. The molecule has 0 aliphatic carbocycles. The molecule has 0 radical (unpaired) electrons. The maximum Gasteiger partial charge on any atom is -0.00303 e. The number of rotatable bonds is 3. The zero-order valence-electron chi connectivity index (χ0n) is 13.1. The summed E-state index contributed by atoms with van der Waals surface area (Å²) < 4.78 is 0. The smallest absolute Gasteiger partial charge is 0.00303 e. The van der Waals surface area contributed by atoms with Crippen LogP contribution in [0.25, 0.3) is 28.3 Å². The molecule has 108 valence electrons. The third-order valence-electron chi connectivity index (χ3n) is 3.92. The van der Waals surface area contributed by atoms with Gasteiger partial charge in [0, 0.05) is 0 Å². The molecule has 0 aliphatic rings. The SMILES string of the molecule is CC=Cc1ccc(C)c(-c2ccccc2)c1-c1ccccc1. The molecule has 3 aromatic carbocycles. The zero-order chi connectivity index (χ0) is 15.4. The Balaban J connectivity index is 2.35. The molecule has 0 spiro atoms. The fraction of sp³-hybridized carbons (Fsp3) is 0.0909. The van der Waals surface area contributed by atoms with E-state index < -0.39 is 0 Å². The summed E-state index contributed by atoms with van der Waals surface area (Å²) in [5.41, 5.74) is 7.73. The molecule has 0 saturated heterocycles. The number of allylic oxidation sites excluding steroid dienone is 1. The van der Waals surface area contributed by atoms with Crippen molar-refractivity contribution in [1.82, 2.24) is 0 Å². The predicted molar refractivity (Wildman–Crippen MR) is 96.8 cm³/mol. The van der Waals surface area contributed by atoms with Gasteiger partial charge in [0.15, 0.2) is 0 Å². The molecule has 0 amide bonds. The van der Waals surface area contributed by atoms with Gasteiger partial charge in [0.05, 0.1) is 0 Å². The van der Waals surface area contributed by atoms with E-state index >= 15 is 0 Å². The van der Waals surface area contributed by atoms with E-state index in [2.05, 4.69) is 98.8 Å². The molecule has 0 aliphatic heterocycles. The van der Waals surface area contributed by atoms with Crippen molar-refractivity contribution in [3.63, 3.8) is 0 Å². The Bertz CT molecular complexity index is 781. The highest BCUT2D eigenvalue weighted by atomic mass is 14.2. The van der Waals surface area contributed by atoms with Crippen molar-refractivity contribution in [2.24, 2.45) is 0 Å². The van der Waals surface area contributed by atoms with Crippen LogP contribution in [0.3, 0.4) is 0 Å². The molecule has 3 aromatic rings. The quantitative estimate of drug-likeness (QED) is 0.524. The minimum absolute atomic E-state index is 1.26. The molecule has 3 rings (SSSR count). The number of aryl methyl sites for hydroxylation is 1. The van der Waals surface area contributed by atoms with Crippen molar-refractivity contribution in [1.29, 1.82) is 0 Å². The lowest BCUT2D eigenvalue weighted by Crippen LogP contribution is -1.92. The summed E-state index contributed by atoms with van der Waals surface area (Å²) in [6.45, 7) is 4.25. The second-order valence-electron chi connectivity index (χ2n) is 5.45. The van der Waals surface area contributed by atoms with E-state index in [0.717, 1.165) is 0 Å². The molecule has 0 heterocycles. The standard InChI is InChI=1S/C22H20/c1-3-10-18-16-15-17(2)21(19-11-6-4-7-12-19)22(18)20-13-8-5-9-14-20/h3-16H,1-2H3. The molecular weight excluding hydrogens is 264 g/mol. The van der Waals surface area contributed by atoms with Gasteiger partial charge in [-0.15, -0.1) is 0 Å². The highest BCUT2D eigenvalue weighted by Crippen LogP contribution is 2.38. The van der Waals surface area contributed by atoms with Crippen LogP contribution in [-0.2, 0) is 0 Å². The molecule has 0 heteroatoms. The van der Waals surface area contributed by atoms with Crippen LogP contribution < -0.4 is 0 Å². The van der Waals surface area contributed by atoms with Crippen molar-refractivity contribution >= 4 is 6.08 Å². The summed E-state index contributed by atoms with van der Waals surface area (Å²) in [5.74, 6) is 0. The largest absolute Gasteiger partial charge is 0.0870 e. The molecule has 0 saturated carbocycles. The molecule has 0 N–H and O–H groups in total. The normalized spacial score (nSPS) is 11.0. The number of hydrogen-bond donors (Lipinski definition) is 0. The maximum absolute atomic E-state index is 2.21. The lowest BCUT2D eigenvalue weighted by atomic mass is 9.87. The fourth-order valence-electron chi connectivity index (χ4n) is 2.93. The van der Waals surface area contributed by atoms with Crippen LogP contribution in [0.1, 0.15) is 18.1 Å². The highest BCUT2D eigenvalue weighted by Gasteiger charge is 2.13. The van der Waals surface area contributed by atoms with Gasteiger partial charge in [-0.25, -0.2) is 0 Å². The average molecular weight is 284 g/mol. The summed E-state index contributed by atoms with van der Waals surface area (Å²) in [7, 11) is 0. The second-order valence-corrected chi connectivity index (χ2v) is 5.45. The van der Waals surface area contributed by atoms with Crippen LogP contribution >= 0.6 is 0 Å². The van der Waals surface area contributed by atoms with Crippen LogP contribution in [0, 0.1) is 6.92 Å². The molecule has 0 bridgehead atoms. The third kappa shape index (κ3) is 2.73. The first kappa shape index (κ1) is 14.3. The van der Waals surface area contributed by atoms with Gasteiger partial charge in [0.2, 0.25) is 0 Å². The molecule has 0 atom stereocenters. The average Bonchev–Trinajstić information content (AvgIpc) is 2.58. The fourth-order valence-corrected chi connectivity index (χ4v) is 2.93. The Morgan fingerprint density at radius 1 is 0.636 bits per heavy atom. The van der Waals surface area contributed by atoms with Crippen molar-refractivity contribution in [3.8, 4) is 22.3 Å². The van der Waals surface area contributed by atoms with E-state index in [1.54, 1.807) is 0 Å². The summed E-state index contributed by atoms with van der Waals surface area (Å²) in [6.07, 6.45) is 4.29. The first-order chi connectivity index (χ1) is 10.8. The van der Waals surface area contributed by atoms with Gasteiger partial charge < -0.3 is 0 Å². The minimum atomic E-state index is 1.26. The molecule has 0 fully saturated rings. The molecule has 0 nitrogen and oxygen atoms in total. The van der Waals surface area contributed by atoms with Gasteiger partial charge in [-0.3, -0.25) is 0 Å². The van der Waals surface area contributed by atoms with Crippen molar-refractivity contribution in [3.05, 3.63) is 90.0 Å². The van der Waals surface area contributed by atoms with Gasteiger partial charge in [-0.2, -0.15) is 0 Å². The van der Waals surface area contributed by atoms with E-state index in [4.69, 9.17) is 0 Å². The van der Waals surface area contributed by atoms with Gasteiger partial charge in [0.1, 0.15) is 0 Å². The predicted octanol–water partition coefficient (Wildman–Crippen LogP) is 6.36. The summed E-state index contributed by atoms with van der Waals surface area (Å²) in [4.78, 5) is 0. The van der Waals surface area contributed by atoms with E-state index in [-0.39, 0.29) is 0 Å². The summed E-state index contributed by atoms with van der Waals surface area (Å²) in [5, 5.41) is 0. The molecule has 0 unspecified atom stereocenters. The van der Waals surface area contributed by atoms with Crippen LogP contribution in [0.15, 0.2) is 78.9 Å². The summed E-state index contributed by atoms with van der Waals surface area (Å²) >= 11 is 0. The number of hydrogen-bond acceptors (Lipinski definition) is 0. The first-order valence-electron chi connectivity index (χ1n) is 7.68. The first-order valence-corrected chi connectivity index (χ1v) is 7.68. The Kier molecular flexibility index (Phi) is 4.20. The van der Waals surface area contributed by atoms with Gasteiger partial charge >= 0.3 is 0 Å². The van der Waals surface area contributed by atoms with Crippen LogP contribution in [0.4, 0.5) is 0 Å². The van der Waals surface area contributed by atoms with E-state index in [9.17, 15) is 0 Å². The zero-order valence-corrected chi connectivity index (χ0v) is 13.1.